The Balaban J connectivity index is 2.80. The number of hydrogen-bond donors (Lipinski definition) is 3. The largest absolute Gasteiger partial charge is 0.493 e. The summed E-state index contributed by atoms with van der Waals surface area (Å²) in [5, 5.41) is 14.2. The minimum Gasteiger partial charge on any atom is -0.493 e. The first-order valence-corrected chi connectivity index (χ1v) is 7.84. The molecule has 1 rings (SSSR count). The monoisotopic (exact) mass is 352 g/mol. The van der Waals surface area contributed by atoms with Crippen molar-refractivity contribution in [1.82, 2.24) is 5.32 Å². The minimum atomic E-state index is -1.17. The lowest BCUT2D eigenvalue weighted by Gasteiger charge is -2.15. The molecule has 0 aliphatic rings. The summed E-state index contributed by atoms with van der Waals surface area (Å²) in [7, 11) is 2.74. The zero-order valence-electron chi connectivity index (χ0n) is 14.8. The van der Waals surface area contributed by atoms with E-state index in [0.29, 0.717) is 12.3 Å². The molecule has 0 heterocycles. The van der Waals surface area contributed by atoms with Crippen LogP contribution in [0.2, 0.25) is 0 Å². The third-order valence-corrected chi connectivity index (χ3v) is 3.39. The summed E-state index contributed by atoms with van der Waals surface area (Å²) in [6.07, 6.45) is 1.08. The number of carboxylic acids is 1. The quantitative estimate of drug-likeness (QED) is 0.625. The minimum absolute atomic E-state index is 0.0612. The highest BCUT2D eigenvalue weighted by Crippen LogP contribution is 2.36. The van der Waals surface area contributed by atoms with Gasteiger partial charge in [0.1, 0.15) is 0 Å². The molecule has 8 heteroatoms. The molecule has 0 aromatic heterocycles. The lowest BCUT2D eigenvalue weighted by Crippen LogP contribution is -2.33. The van der Waals surface area contributed by atoms with Crippen LogP contribution in [0.3, 0.4) is 0 Å². The van der Waals surface area contributed by atoms with Gasteiger partial charge in [-0.1, -0.05) is 13.8 Å². The Morgan fingerprint density at radius 1 is 1.12 bits per heavy atom. The maximum absolute atomic E-state index is 12.0. The van der Waals surface area contributed by atoms with Crippen molar-refractivity contribution in [1.29, 1.82) is 0 Å². The summed E-state index contributed by atoms with van der Waals surface area (Å²) in [6.45, 7) is 3.80. The molecule has 0 atom stereocenters. The van der Waals surface area contributed by atoms with E-state index >= 15 is 0 Å². The Morgan fingerprint density at radius 3 is 2.32 bits per heavy atom. The molecule has 1 aromatic rings. The van der Waals surface area contributed by atoms with Crippen molar-refractivity contribution in [2.45, 2.75) is 26.7 Å². The van der Waals surface area contributed by atoms with Crippen LogP contribution >= 0.6 is 0 Å². The molecule has 138 valence electrons. The standard InChI is InChI=1S/C17H24N2O6/c1-10(2)5-6-14(20)18-9-15(21)19-12-7-11(17(22)23)8-13(24-3)16(12)25-4/h7-8,10H,5-6,9H2,1-4H3,(H,18,20)(H,19,21)(H,22,23). The van der Waals surface area contributed by atoms with Gasteiger partial charge in [-0.05, 0) is 24.5 Å². The Labute approximate surface area is 146 Å². The molecule has 0 saturated heterocycles. The predicted octanol–water partition coefficient (Wildman–Crippen LogP) is 1.89. The van der Waals surface area contributed by atoms with Gasteiger partial charge in [-0.2, -0.15) is 0 Å². The fourth-order valence-electron chi connectivity index (χ4n) is 2.06. The first-order valence-electron chi connectivity index (χ1n) is 7.84. The van der Waals surface area contributed by atoms with Crippen LogP contribution in [-0.2, 0) is 9.59 Å². The van der Waals surface area contributed by atoms with Crippen LogP contribution < -0.4 is 20.1 Å². The number of carbonyl (C=O) groups excluding carboxylic acids is 2. The van der Waals surface area contributed by atoms with E-state index < -0.39 is 11.9 Å². The normalized spacial score (nSPS) is 10.3. The maximum Gasteiger partial charge on any atom is 0.335 e. The molecule has 25 heavy (non-hydrogen) atoms. The fraction of sp³-hybridized carbons (Fsp3) is 0.471. The summed E-state index contributed by atoms with van der Waals surface area (Å²) >= 11 is 0. The first kappa shape index (κ1) is 20.3. The number of carbonyl (C=O) groups is 3. The number of ether oxygens (including phenoxy) is 2. The molecule has 8 nitrogen and oxygen atoms in total. The van der Waals surface area contributed by atoms with Crippen molar-refractivity contribution in [2.24, 2.45) is 5.92 Å². The van der Waals surface area contributed by atoms with Crippen molar-refractivity contribution < 1.29 is 29.0 Å². The maximum atomic E-state index is 12.0. The van der Waals surface area contributed by atoms with E-state index in [-0.39, 0.29) is 35.2 Å². The molecule has 0 spiro atoms. The van der Waals surface area contributed by atoms with Crippen LogP contribution in [0.1, 0.15) is 37.0 Å². The molecule has 0 fully saturated rings. The molecular formula is C17H24N2O6. The summed E-state index contributed by atoms with van der Waals surface area (Å²) < 4.78 is 10.3. The third kappa shape index (κ3) is 6.33. The number of methoxy groups -OCH3 is 2. The van der Waals surface area contributed by atoms with E-state index in [1.54, 1.807) is 0 Å². The Hall–Kier alpha value is -2.77. The molecule has 0 aliphatic carbocycles. The average molecular weight is 352 g/mol. The Morgan fingerprint density at radius 2 is 1.80 bits per heavy atom. The van der Waals surface area contributed by atoms with Crippen molar-refractivity contribution in [3.8, 4) is 11.5 Å². The molecule has 0 aliphatic heterocycles. The number of anilines is 1. The van der Waals surface area contributed by atoms with E-state index in [1.165, 1.54) is 26.4 Å². The topological polar surface area (TPSA) is 114 Å². The van der Waals surface area contributed by atoms with E-state index in [0.717, 1.165) is 6.42 Å². The fourth-order valence-corrected chi connectivity index (χ4v) is 2.06. The smallest absolute Gasteiger partial charge is 0.335 e. The SMILES string of the molecule is COc1cc(C(=O)O)cc(NC(=O)CNC(=O)CCC(C)C)c1OC. The van der Waals surface area contributed by atoms with Crippen LogP contribution in [0.5, 0.6) is 11.5 Å². The number of nitrogens with one attached hydrogen (secondary N) is 2. The highest BCUT2D eigenvalue weighted by Gasteiger charge is 2.17. The molecule has 0 unspecified atom stereocenters. The number of aromatic carboxylic acids is 1. The van der Waals surface area contributed by atoms with Gasteiger partial charge in [0, 0.05) is 6.42 Å². The van der Waals surface area contributed by atoms with E-state index in [9.17, 15) is 14.4 Å². The van der Waals surface area contributed by atoms with E-state index in [2.05, 4.69) is 10.6 Å². The predicted molar refractivity (Wildman–Crippen MR) is 92.2 cm³/mol. The van der Waals surface area contributed by atoms with Gasteiger partial charge in [0.25, 0.3) is 0 Å². The van der Waals surface area contributed by atoms with E-state index in [1.807, 2.05) is 13.8 Å². The summed E-state index contributed by atoms with van der Waals surface area (Å²) in [5.74, 6) is -1.10. The number of amides is 2. The van der Waals surface area contributed by atoms with Gasteiger partial charge in [-0.15, -0.1) is 0 Å². The molecule has 0 saturated carbocycles. The van der Waals surface area contributed by atoms with Crippen molar-refractivity contribution in [3.63, 3.8) is 0 Å². The van der Waals surface area contributed by atoms with Crippen LogP contribution in [0.25, 0.3) is 0 Å². The van der Waals surface area contributed by atoms with Gasteiger partial charge in [0.05, 0.1) is 32.0 Å². The number of rotatable bonds is 9. The Kier molecular flexibility index (Phi) is 7.71. The van der Waals surface area contributed by atoms with Crippen molar-refractivity contribution >= 4 is 23.5 Å². The molecular weight excluding hydrogens is 328 g/mol. The second-order valence-electron chi connectivity index (χ2n) is 5.82. The Bertz CT molecular complexity index is 642. The molecule has 2 amide bonds. The van der Waals surface area contributed by atoms with Crippen LogP contribution in [0.15, 0.2) is 12.1 Å². The van der Waals surface area contributed by atoms with Gasteiger partial charge < -0.3 is 25.2 Å². The highest BCUT2D eigenvalue weighted by molar-refractivity contribution is 5.98. The van der Waals surface area contributed by atoms with Crippen LogP contribution in [0.4, 0.5) is 5.69 Å². The van der Waals surface area contributed by atoms with E-state index in [4.69, 9.17) is 14.6 Å². The number of carboxylic acid groups (broad SMARTS) is 1. The number of benzene rings is 1. The molecule has 1 aromatic carbocycles. The van der Waals surface area contributed by atoms with Crippen molar-refractivity contribution in [2.75, 3.05) is 26.1 Å². The van der Waals surface area contributed by atoms with Gasteiger partial charge >= 0.3 is 5.97 Å². The lowest BCUT2D eigenvalue weighted by atomic mass is 10.1. The first-order chi connectivity index (χ1) is 11.8. The average Bonchev–Trinajstić information content (AvgIpc) is 2.57. The second kappa shape index (κ2) is 9.51. The van der Waals surface area contributed by atoms with Gasteiger partial charge in [0.15, 0.2) is 11.5 Å². The second-order valence-corrected chi connectivity index (χ2v) is 5.82. The van der Waals surface area contributed by atoms with Gasteiger partial charge in [-0.25, -0.2) is 4.79 Å². The number of hydrogen-bond acceptors (Lipinski definition) is 5. The summed E-state index contributed by atoms with van der Waals surface area (Å²) in [6, 6.07) is 2.56. The zero-order chi connectivity index (χ0) is 19.0. The lowest BCUT2D eigenvalue weighted by molar-refractivity contribution is -0.124. The van der Waals surface area contributed by atoms with Crippen molar-refractivity contribution in [3.05, 3.63) is 17.7 Å². The molecule has 3 N–H and O–H groups in total. The third-order valence-electron chi connectivity index (χ3n) is 3.39. The highest BCUT2D eigenvalue weighted by atomic mass is 16.5. The molecule has 0 radical (unpaired) electrons. The van der Waals surface area contributed by atoms with Gasteiger partial charge in [-0.3, -0.25) is 9.59 Å². The summed E-state index contributed by atoms with van der Waals surface area (Å²) in [5.41, 5.74) is 0.0922. The summed E-state index contributed by atoms with van der Waals surface area (Å²) in [4.78, 5) is 34.9. The van der Waals surface area contributed by atoms with Crippen LogP contribution in [-0.4, -0.2) is 43.7 Å². The van der Waals surface area contributed by atoms with Gasteiger partial charge in [0.2, 0.25) is 11.8 Å². The zero-order valence-corrected chi connectivity index (χ0v) is 14.8. The van der Waals surface area contributed by atoms with Crippen LogP contribution in [0, 0.1) is 5.92 Å². The molecule has 0 bridgehead atoms.